The number of alkyl halides is 1. The highest BCUT2D eigenvalue weighted by molar-refractivity contribution is 8.00. The maximum absolute atomic E-state index is 6.23. The van der Waals surface area contributed by atoms with Crippen LogP contribution in [0.2, 0.25) is 0 Å². The fraction of sp³-hybridized carbons (Fsp3) is 0.333. The molecule has 1 heterocycles. The molecule has 0 aromatic heterocycles. The van der Waals surface area contributed by atoms with Crippen LogP contribution >= 0.6 is 23.4 Å². The minimum atomic E-state index is 0.461. The molecule has 0 amide bonds. The van der Waals surface area contributed by atoms with Gasteiger partial charge in [0.05, 0.1) is 0 Å². The molecule has 0 radical (unpaired) electrons. The fourth-order valence-electron chi connectivity index (χ4n) is 2.91. The van der Waals surface area contributed by atoms with Gasteiger partial charge in [-0.1, -0.05) is 48.0 Å². The predicted molar refractivity (Wildman–Crippen MR) is 89.0 cm³/mol. The monoisotopic (exact) mass is 302 g/mol. The molecular formula is C18H19ClS. The van der Waals surface area contributed by atoms with Gasteiger partial charge in [-0.3, -0.25) is 0 Å². The number of hydrogen-bond donors (Lipinski definition) is 0. The number of aryl methyl sites for hydroxylation is 1. The summed E-state index contributed by atoms with van der Waals surface area (Å²) in [6.45, 7) is 2.15. The minimum absolute atomic E-state index is 0.461. The molecule has 0 N–H and O–H groups in total. The van der Waals surface area contributed by atoms with Crippen LogP contribution in [0.4, 0.5) is 0 Å². The molecule has 0 spiro atoms. The first-order valence-electron chi connectivity index (χ1n) is 7.13. The Hall–Kier alpha value is -0.920. The summed E-state index contributed by atoms with van der Waals surface area (Å²) >= 11 is 8.25. The Bertz CT molecular complexity index is 568. The SMILES string of the molecule is Cc1cccc(C(CCl)CC2Cc3ccccc3S2)c1. The van der Waals surface area contributed by atoms with Gasteiger partial charge in [-0.2, -0.15) is 0 Å². The van der Waals surface area contributed by atoms with E-state index in [4.69, 9.17) is 11.6 Å². The summed E-state index contributed by atoms with van der Waals surface area (Å²) in [6.07, 6.45) is 2.34. The molecule has 2 aromatic rings. The van der Waals surface area contributed by atoms with Crippen molar-refractivity contribution in [1.82, 2.24) is 0 Å². The summed E-state index contributed by atoms with van der Waals surface area (Å²) in [7, 11) is 0. The Kier molecular flexibility index (Phi) is 4.38. The number of thioether (sulfide) groups is 1. The van der Waals surface area contributed by atoms with E-state index in [1.165, 1.54) is 28.0 Å². The molecule has 0 nitrogen and oxygen atoms in total. The molecule has 3 rings (SSSR count). The third-order valence-corrected chi connectivity index (χ3v) is 5.68. The first kappa shape index (κ1) is 14.0. The lowest BCUT2D eigenvalue weighted by Gasteiger charge is -2.18. The van der Waals surface area contributed by atoms with Crippen molar-refractivity contribution in [3.05, 3.63) is 65.2 Å². The van der Waals surface area contributed by atoms with E-state index in [0.717, 1.165) is 6.42 Å². The average Bonchev–Trinajstić information content (AvgIpc) is 2.87. The van der Waals surface area contributed by atoms with Gasteiger partial charge in [0, 0.05) is 16.0 Å². The van der Waals surface area contributed by atoms with Crippen molar-refractivity contribution in [2.24, 2.45) is 0 Å². The molecule has 2 unspecified atom stereocenters. The molecule has 0 aliphatic carbocycles. The Morgan fingerprint density at radius 1 is 1.20 bits per heavy atom. The van der Waals surface area contributed by atoms with Crippen LogP contribution in [0, 0.1) is 6.92 Å². The van der Waals surface area contributed by atoms with Gasteiger partial charge in [-0.05, 0) is 42.9 Å². The molecule has 0 saturated heterocycles. The summed E-state index contributed by atoms with van der Waals surface area (Å²) in [5.41, 5.74) is 4.21. The zero-order valence-corrected chi connectivity index (χ0v) is 13.3. The van der Waals surface area contributed by atoms with Crippen molar-refractivity contribution in [1.29, 1.82) is 0 Å². The van der Waals surface area contributed by atoms with Crippen molar-refractivity contribution in [3.8, 4) is 0 Å². The van der Waals surface area contributed by atoms with Crippen molar-refractivity contribution in [2.45, 2.75) is 35.8 Å². The van der Waals surface area contributed by atoms with Gasteiger partial charge < -0.3 is 0 Å². The zero-order chi connectivity index (χ0) is 13.9. The van der Waals surface area contributed by atoms with Crippen LogP contribution in [-0.2, 0) is 6.42 Å². The maximum Gasteiger partial charge on any atom is 0.0292 e. The highest BCUT2D eigenvalue weighted by Gasteiger charge is 2.25. The number of rotatable bonds is 4. The van der Waals surface area contributed by atoms with E-state index >= 15 is 0 Å². The zero-order valence-electron chi connectivity index (χ0n) is 11.7. The highest BCUT2D eigenvalue weighted by atomic mass is 35.5. The molecule has 20 heavy (non-hydrogen) atoms. The third-order valence-electron chi connectivity index (χ3n) is 3.96. The normalized spacial score (nSPS) is 18.8. The minimum Gasteiger partial charge on any atom is -0.126 e. The largest absolute Gasteiger partial charge is 0.126 e. The van der Waals surface area contributed by atoms with Crippen LogP contribution in [-0.4, -0.2) is 11.1 Å². The van der Waals surface area contributed by atoms with E-state index in [-0.39, 0.29) is 0 Å². The van der Waals surface area contributed by atoms with Crippen LogP contribution in [0.3, 0.4) is 0 Å². The van der Waals surface area contributed by atoms with Gasteiger partial charge >= 0.3 is 0 Å². The summed E-state index contributed by atoms with van der Waals surface area (Å²) in [5.74, 6) is 1.17. The Morgan fingerprint density at radius 3 is 2.80 bits per heavy atom. The van der Waals surface area contributed by atoms with E-state index in [9.17, 15) is 0 Å². The average molecular weight is 303 g/mol. The Morgan fingerprint density at radius 2 is 2.05 bits per heavy atom. The Balaban J connectivity index is 1.71. The lowest BCUT2D eigenvalue weighted by atomic mass is 9.93. The van der Waals surface area contributed by atoms with Crippen LogP contribution in [0.5, 0.6) is 0 Å². The molecule has 1 aliphatic heterocycles. The molecule has 2 aromatic carbocycles. The van der Waals surface area contributed by atoms with Crippen molar-refractivity contribution in [2.75, 3.05) is 5.88 Å². The van der Waals surface area contributed by atoms with E-state index < -0.39 is 0 Å². The molecular weight excluding hydrogens is 284 g/mol. The topological polar surface area (TPSA) is 0 Å². The van der Waals surface area contributed by atoms with Gasteiger partial charge in [-0.15, -0.1) is 23.4 Å². The molecule has 2 atom stereocenters. The quantitative estimate of drug-likeness (QED) is 0.679. The van der Waals surface area contributed by atoms with Gasteiger partial charge in [0.1, 0.15) is 0 Å². The van der Waals surface area contributed by atoms with Crippen molar-refractivity contribution in [3.63, 3.8) is 0 Å². The van der Waals surface area contributed by atoms with E-state index in [1.807, 2.05) is 11.8 Å². The number of halogens is 1. The lowest BCUT2D eigenvalue weighted by molar-refractivity contribution is 0.657. The summed E-state index contributed by atoms with van der Waals surface area (Å²) < 4.78 is 0. The molecule has 104 valence electrons. The standard InChI is InChI=1S/C18H19ClS/c1-13-5-4-7-14(9-13)16(12-19)11-17-10-15-6-2-3-8-18(15)20-17/h2-9,16-17H,10-12H2,1H3. The van der Waals surface area contributed by atoms with Crippen LogP contribution in [0.1, 0.15) is 29.0 Å². The molecule has 0 fully saturated rings. The van der Waals surface area contributed by atoms with Crippen LogP contribution < -0.4 is 0 Å². The first-order valence-corrected chi connectivity index (χ1v) is 8.55. The fourth-order valence-corrected chi connectivity index (χ4v) is 4.63. The molecule has 2 heteroatoms. The number of hydrogen-bond acceptors (Lipinski definition) is 1. The molecule has 0 bridgehead atoms. The van der Waals surface area contributed by atoms with Gasteiger partial charge in [-0.25, -0.2) is 0 Å². The molecule has 0 saturated carbocycles. The molecule has 1 aliphatic rings. The van der Waals surface area contributed by atoms with E-state index in [1.54, 1.807) is 0 Å². The maximum atomic E-state index is 6.23. The van der Waals surface area contributed by atoms with Crippen LogP contribution in [0.25, 0.3) is 0 Å². The van der Waals surface area contributed by atoms with Gasteiger partial charge in [0.15, 0.2) is 0 Å². The summed E-state index contributed by atoms with van der Waals surface area (Å²) in [4.78, 5) is 1.45. The van der Waals surface area contributed by atoms with Crippen LogP contribution in [0.15, 0.2) is 53.4 Å². The summed E-state index contributed by atoms with van der Waals surface area (Å²) in [5, 5.41) is 0.664. The second kappa shape index (κ2) is 6.24. The van der Waals surface area contributed by atoms with Gasteiger partial charge in [0.2, 0.25) is 0 Å². The third kappa shape index (κ3) is 3.05. The predicted octanol–water partition coefficient (Wildman–Crippen LogP) is 5.42. The Labute approximate surface area is 130 Å². The first-order chi connectivity index (χ1) is 9.76. The van der Waals surface area contributed by atoms with Gasteiger partial charge in [0.25, 0.3) is 0 Å². The van der Waals surface area contributed by atoms with Crippen molar-refractivity contribution >= 4 is 23.4 Å². The van der Waals surface area contributed by atoms with E-state index in [2.05, 4.69) is 55.5 Å². The summed E-state index contributed by atoms with van der Waals surface area (Å²) in [6, 6.07) is 17.5. The highest BCUT2D eigenvalue weighted by Crippen LogP contribution is 2.41. The second-order valence-corrected chi connectivity index (χ2v) is 7.20. The smallest absolute Gasteiger partial charge is 0.0292 e. The van der Waals surface area contributed by atoms with Crippen molar-refractivity contribution < 1.29 is 0 Å². The number of benzene rings is 2. The van der Waals surface area contributed by atoms with E-state index in [0.29, 0.717) is 17.0 Å². The second-order valence-electron chi connectivity index (χ2n) is 5.55. The lowest BCUT2D eigenvalue weighted by Crippen LogP contribution is -2.10. The number of fused-ring (bicyclic) bond motifs is 1.